The van der Waals surface area contributed by atoms with Gasteiger partial charge in [-0.25, -0.2) is 4.39 Å². The molecule has 0 amide bonds. The molecule has 0 saturated carbocycles. The smallest absolute Gasteiger partial charge is 0.311 e. The van der Waals surface area contributed by atoms with Gasteiger partial charge >= 0.3 is 5.97 Å². The van der Waals surface area contributed by atoms with Crippen molar-refractivity contribution in [2.75, 3.05) is 32.8 Å². The topological polar surface area (TPSA) is 38.8 Å². The fourth-order valence-corrected chi connectivity index (χ4v) is 2.77. The van der Waals surface area contributed by atoms with Crippen LogP contribution in [-0.2, 0) is 14.3 Å². The Morgan fingerprint density at radius 1 is 1.20 bits per heavy atom. The fourth-order valence-electron chi connectivity index (χ4n) is 2.77. The van der Waals surface area contributed by atoms with E-state index in [9.17, 15) is 9.18 Å². The zero-order valence-electron chi connectivity index (χ0n) is 11.3. The third-order valence-corrected chi connectivity index (χ3v) is 3.91. The van der Waals surface area contributed by atoms with E-state index < -0.39 is 0 Å². The second-order valence-corrected chi connectivity index (χ2v) is 5.32. The van der Waals surface area contributed by atoms with Gasteiger partial charge in [-0.2, -0.15) is 0 Å². The van der Waals surface area contributed by atoms with Crippen molar-refractivity contribution in [1.82, 2.24) is 4.90 Å². The quantitative estimate of drug-likeness (QED) is 0.790. The molecule has 20 heavy (non-hydrogen) atoms. The Balaban J connectivity index is 1.61. The molecule has 5 heteroatoms. The van der Waals surface area contributed by atoms with Crippen LogP contribution in [0.25, 0.3) is 0 Å². The minimum atomic E-state index is -0.275. The summed E-state index contributed by atoms with van der Waals surface area (Å²) in [4.78, 5) is 14.2. The number of carbonyl (C=O) groups excluding carboxylic acids is 1. The molecule has 1 aromatic rings. The summed E-state index contributed by atoms with van der Waals surface area (Å²) in [7, 11) is 0. The Hall–Kier alpha value is -1.46. The van der Waals surface area contributed by atoms with Gasteiger partial charge in [0.1, 0.15) is 11.9 Å². The first-order valence-electron chi connectivity index (χ1n) is 6.98. The van der Waals surface area contributed by atoms with Gasteiger partial charge in [-0.15, -0.1) is 0 Å². The van der Waals surface area contributed by atoms with Crippen LogP contribution >= 0.6 is 0 Å². The molecule has 3 rings (SSSR count). The van der Waals surface area contributed by atoms with E-state index in [1.54, 1.807) is 12.1 Å². The lowest BCUT2D eigenvalue weighted by atomic mass is 9.99. The van der Waals surface area contributed by atoms with Crippen molar-refractivity contribution >= 4 is 5.97 Å². The number of benzene rings is 1. The molecule has 2 saturated heterocycles. The molecule has 2 atom stereocenters. The van der Waals surface area contributed by atoms with E-state index in [2.05, 4.69) is 4.90 Å². The Morgan fingerprint density at radius 2 is 1.90 bits per heavy atom. The van der Waals surface area contributed by atoms with Gasteiger partial charge in [0.25, 0.3) is 0 Å². The van der Waals surface area contributed by atoms with Crippen LogP contribution < -0.4 is 0 Å². The molecule has 108 valence electrons. The average molecular weight is 279 g/mol. The van der Waals surface area contributed by atoms with Crippen molar-refractivity contribution in [3.63, 3.8) is 0 Å². The predicted octanol–water partition coefficient (Wildman–Crippen LogP) is 1.76. The number of carbonyl (C=O) groups is 1. The van der Waals surface area contributed by atoms with E-state index in [-0.39, 0.29) is 23.8 Å². The highest BCUT2D eigenvalue weighted by Gasteiger charge is 2.36. The Morgan fingerprint density at radius 3 is 2.60 bits per heavy atom. The van der Waals surface area contributed by atoms with Gasteiger partial charge in [-0.1, -0.05) is 12.1 Å². The predicted molar refractivity (Wildman–Crippen MR) is 70.6 cm³/mol. The van der Waals surface area contributed by atoms with Crippen LogP contribution in [0.4, 0.5) is 4.39 Å². The van der Waals surface area contributed by atoms with Crippen LogP contribution in [0.1, 0.15) is 18.1 Å². The van der Waals surface area contributed by atoms with E-state index >= 15 is 0 Å². The fraction of sp³-hybridized carbons (Fsp3) is 0.533. The molecular weight excluding hydrogens is 261 g/mol. The third kappa shape index (κ3) is 2.99. The number of hydrogen-bond acceptors (Lipinski definition) is 4. The minimum absolute atomic E-state index is 0.0943. The molecule has 0 aromatic heterocycles. The summed E-state index contributed by atoms with van der Waals surface area (Å²) in [5.41, 5.74) is 0.865. The molecule has 0 spiro atoms. The second-order valence-electron chi connectivity index (χ2n) is 5.32. The van der Waals surface area contributed by atoms with Crippen molar-refractivity contribution in [3.05, 3.63) is 35.6 Å². The number of nitrogens with zero attached hydrogens (tertiary/aromatic N) is 1. The molecule has 2 fully saturated rings. The third-order valence-electron chi connectivity index (χ3n) is 3.91. The SMILES string of the molecule is O=C1O[C@@H](c2ccc(F)cc2)C[C@H]1CN1CCOCC1. The molecule has 2 aliphatic heterocycles. The number of esters is 1. The van der Waals surface area contributed by atoms with Crippen LogP contribution in [0.15, 0.2) is 24.3 Å². The first-order chi connectivity index (χ1) is 9.72. The molecular formula is C15H18FNO3. The minimum Gasteiger partial charge on any atom is -0.457 e. The number of ether oxygens (including phenoxy) is 2. The summed E-state index contributed by atoms with van der Waals surface area (Å²) in [6.45, 7) is 3.90. The summed E-state index contributed by atoms with van der Waals surface area (Å²) in [6, 6.07) is 6.17. The lowest BCUT2D eigenvalue weighted by Crippen LogP contribution is -2.40. The molecule has 1 aromatic carbocycles. The number of hydrogen-bond donors (Lipinski definition) is 0. The zero-order chi connectivity index (χ0) is 13.9. The summed E-state index contributed by atoms with van der Waals surface area (Å²) in [5.74, 6) is -0.517. The van der Waals surface area contributed by atoms with Crippen LogP contribution in [0.5, 0.6) is 0 Å². The van der Waals surface area contributed by atoms with Gasteiger partial charge < -0.3 is 9.47 Å². The van der Waals surface area contributed by atoms with Crippen molar-refractivity contribution in [3.8, 4) is 0 Å². The molecule has 0 unspecified atom stereocenters. The van der Waals surface area contributed by atoms with Gasteiger partial charge in [-0.05, 0) is 17.7 Å². The van der Waals surface area contributed by atoms with Crippen molar-refractivity contribution in [2.45, 2.75) is 12.5 Å². The standard InChI is InChI=1S/C15H18FNO3/c16-13-3-1-11(2-4-13)14-9-12(15(18)20-14)10-17-5-7-19-8-6-17/h1-4,12,14H,5-10H2/t12-,14+/m0/s1. The second kappa shape index (κ2) is 5.89. The van der Waals surface area contributed by atoms with E-state index in [4.69, 9.17) is 9.47 Å². The molecule has 0 radical (unpaired) electrons. The van der Waals surface area contributed by atoms with Crippen LogP contribution in [-0.4, -0.2) is 43.7 Å². The highest BCUT2D eigenvalue weighted by atomic mass is 19.1. The normalized spacial score (nSPS) is 27.6. The molecule has 0 bridgehead atoms. The van der Waals surface area contributed by atoms with Crippen LogP contribution in [0.3, 0.4) is 0 Å². The van der Waals surface area contributed by atoms with Gasteiger partial charge in [-0.3, -0.25) is 9.69 Å². The lowest BCUT2D eigenvalue weighted by molar-refractivity contribution is -0.145. The van der Waals surface area contributed by atoms with Crippen molar-refractivity contribution in [2.24, 2.45) is 5.92 Å². The number of rotatable bonds is 3. The Bertz CT molecular complexity index is 471. The lowest BCUT2D eigenvalue weighted by Gasteiger charge is -2.27. The highest BCUT2D eigenvalue weighted by molar-refractivity contribution is 5.75. The Labute approximate surface area is 117 Å². The maximum atomic E-state index is 12.9. The van der Waals surface area contributed by atoms with E-state index in [0.717, 1.165) is 38.4 Å². The molecule has 0 aliphatic carbocycles. The maximum absolute atomic E-state index is 12.9. The van der Waals surface area contributed by atoms with Gasteiger partial charge in [0.15, 0.2) is 0 Å². The van der Waals surface area contributed by atoms with E-state index in [1.165, 1.54) is 12.1 Å². The van der Waals surface area contributed by atoms with Gasteiger partial charge in [0.2, 0.25) is 0 Å². The molecule has 2 heterocycles. The maximum Gasteiger partial charge on any atom is 0.311 e. The molecule has 4 nitrogen and oxygen atoms in total. The number of cyclic esters (lactones) is 1. The van der Waals surface area contributed by atoms with Gasteiger partial charge in [0.05, 0.1) is 19.1 Å². The van der Waals surface area contributed by atoms with Crippen molar-refractivity contribution < 1.29 is 18.7 Å². The van der Waals surface area contributed by atoms with E-state index in [0.29, 0.717) is 6.42 Å². The largest absolute Gasteiger partial charge is 0.457 e. The summed E-state index contributed by atoms with van der Waals surface area (Å²) in [6.07, 6.45) is 0.427. The molecule has 2 aliphatic rings. The monoisotopic (exact) mass is 279 g/mol. The summed E-state index contributed by atoms with van der Waals surface area (Å²) in [5, 5.41) is 0. The average Bonchev–Trinajstić information content (AvgIpc) is 2.82. The summed E-state index contributed by atoms with van der Waals surface area (Å²) < 4.78 is 23.6. The number of halogens is 1. The van der Waals surface area contributed by atoms with E-state index in [1.807, 2.05) is 0 Å². The molecule has 0 N–H and O–H groups in total. The summed E-state index contributed by atoms with van der Waals surface area (Å²) >= 11 is 0. The first-order valence-corrected chi connectivity index (χ1v) is 6.98. The van der Waals surface area contributed by atoms with Crippen LogP contribution in [0, 0.1) is 11.7 Å². The number of morpholine rings is 1. The van der Waals surface area contributed by atoms with Gasteiger partial charge in [0, 0.05) is 26.1 Å². The zero-order valence-corrected chi connectivity index (χ0v) is 11.3. The highest BCUT2D eigenvalue weighted by Crippen LogP contribution is 2.34. The van der Waals surface area contributed by atoms with Crippen LogP contribution in [0.2, 0.25) is 0 Å². The van der Waals surface area contributed by atoms with Crippen molar-refractivity contribution in [1.29, 1.82) is 0 Å². The first kappa shape index (κ1) is 13.5. The Kier molecular flexibility index (Phi) is 3.98.